The van der Waals surface area contributed by atoms with Crippen LogP contribution in [0.4, 0.5) is 0 Å². The lowest BCUT2D eigenvalue weighted by molar-refractivity contribution is 0.0697. The highest BCUT2D eigenvalue weighted by Gasteiger charge is 2.12. The van der Waals surface area contributed by atoms with E-state index in [1.54, 1.807) is 6.07 Å². The van der Waals surface area contributed by atoms with Gasteiger partial charge in [0.25, 0.3) is 0 Å². The fourth-order valence-corrected chi connectivity index (χ4v) is 2.45. The van der Waals surface area contributed by atoms with Crippen molar-refractivity contribution in [2.24, 2.45) is 0 Å². The Balaban J connectivity index is 2.58. The number of aromatic carboxylic acids is 1. The first-order chi connectivity index (χ1) is 9.04. The second-order valence-electron chi connectivity index (χ2n) is 5.30. The van der Waals surface area contributed by atoms with Crippen molar-refractivity contribution >= 4 is 16.9 Å². The van der Waals surface area contributed by atoms with Gasteiger partial charge in [-0.15, -0.1) is 0 Å². The summed E-state index contributed by atoms with van der Waals surface area (Å²) in [4.78, 5) is 11.1. The molecule has 0 saturated heterocycles. The predicted octanol–water partition coefficient (Wildman–Crippen LogP) is 4.26. The smallest absolute Gasteiger partial charge is 0.335 e. The topological polar surface area (TPSA) is 42.2 Å². The second-order valence-corrected chi connectivity index (χ2v) is 5.30. The first kappa shape index (κ1) is 13.7. The highest BCUT2D eigenvalue weighted by atomic mass is 16.4. The summed E-state index contributed by atoms with van der Waals surface area (Å²) in [6.45, 7) is 6.46. The van der Waals surface area contributed by atoms with Crippen LogP contribution in [0.2, 0.25) is 0 Å². The van der Waals surface area contributed by atoms with Gasteiger partial charge >= 0.3 is 5.97 Å². The Hall–Kier alpha value is -1.77. The van der Waals surface area contributed by atoms with Crippen molar-refractivity contribution in [3.8, 4) is 0 Å². The molecule has 1 aromatic heterocycles. The molecule has 0 fully saturated rings. The molecule has 1 aromatic carbocycles. The molecule has 0 radical (unpaired) electrons. The lowest BCUT2D eigenvalue weighted by atomic mass is 10.1. The number of carboxylic acid groups (broad SMARTS) is 1. The van der Waals surface area contributed by atoms with E-state index in [0.29, 0.717) is 11.6 Å². The van der Waals surface area contributed by atoms with Crippen LogP contribution in [-0.4, -0.2) is 15.6 Å². The Kier molecular flexibility index (Phi) is 3.93. The molecule has 0 unspecified atom stereocenters. The van der Waals surface area contributed by atoms with Crippen LogP contribution in [0, 0.1) is 0 Å². The summed E-state index contributed by atoms with van der Waals surface area (Å²) in [5.41, 5.74) is 2.76. The van der Waals surface area contributed by atoms with Gasteiger partial charge in [-0.2, -0.15) is 0 Å². The van der Waals surface area contributed by atoms with Crippen LogP contribution in [0.15, 0.2) is 24.4 Å². The molecule has 0 aliphatic carbocycles. The molecule has 0 atom stereocenters. The Morgan fingerprint density at radius 1 is 1.37 bits per heavy atom. The third-order valence-corrected chi connectivity index (χ3v) is 3.52. The van der Waals surface area contributed by atoms with Crippen LogP contribution < -0.4 is 0 Å². The number of hydrogen-bond acceptors (Lipinski definition) is 1. The number of carbonyl (C=O) groups is 1. The second kappa shape index (κ2) is 5.47. The lowest BCUT2D eigenvalue weighted by Gasteiger charge is -2.08. The molecular formula is C16H21NO2. The van der Waals surface area contributed by atoms with Gasteiger partial charge in [0.05, 0.1) is 5.56 Å². The number of benzene rings is 1. The van der Waals surface area contributed by atoms with E-state index in [2.05, 4.69) is 31.5 Å². The number of carboxylic acids is 1. The van der Waals surface area contributed by atoms with Crippen LogP contribution >= 0.6 is 0 Å². The molecule has 2 aromatic rings. The van der Waals surface area contributed by atoms with Crippen LogP contribution in [0.5, 0.6) is 0 Å². The molecule has 2 rings (SSSR count). The van der Waals surface area contributed by atoms with Gasteiger partial charge in [-0.3, -0.25) is 0 Å². The summed E-state index contributed by atoms with van der Waals surface area (Å²) in [7, 11) is 0. The molecule has 0 bridgehead atoms. The van der Waals surface area contributed by atoms with Crippen LogP contribution in [0.25, 0.3) is 10.9 Å². The maximum Gasteiger partial charge on any atom is 0.335 e. The van der Waals surface area contributed by atoms with Crippen LogP contribution in [-0.2, 0) is 6.42 Å². The minimum absolute atomic E-state index is 0.367. The molecule has 1 N–H and O–H groups in total. The van der Waals surface area contributed by atoms with Crippen molar-refractivity contribution in [3.05, 3.63) is 35.5 Å². The molecule has 0 spiro atoms. The number of aromatic nitrogens is 1. The average molecular weight is 259 g/mol. The van der Waals surface area contributed by atoms with Crippen molar-refractivity contribution in [1.82, 2.24) is 4.57 Å². The average Bonchev–Trinajstić information content (AvgIpc) is 2.74. The third kappa shape index (κ3) is 2.65. The number of unbranched alkanes of at least 4 members (excludes halogenated alkanes) is 1. The monoisotopic (exact) mass is 259 g/mol. The van der Waals surface area contributed by atoms with Crippen LogP contribution in [0.1, 0.15) is 55.6 Å². The predicted molar refractivity (Wildman–Crippen MR) is 77.9 cm³/mol. The molecule has 0 amide bonds. The molecule has 3 nitrogen and oxygen atoms in total. The summed E-state index contributed by atoms with van der Waals surface area (Å²) in [5.74, 6) is -0.861. The van der Waals surface area contributed by atoms with Gasteiger partial charge < -0.3 is 9.67 Å². The highest BCUT2D eigenvalue weighted by molar-refractivity contribution is 5.95. The highest BCUT2D eigenvalue weighted by Crippen LogP contribution is 2.27. The Morgan fingerprint density at radius 3 is 2.68 bits per heavy atom. The molecule has 3 heteroatoms. The molecule has 102 valence electrons. The zero-order valence-electron chi connectivity index (χ0n) is 11.8. The normalized spacial score (nSPS) is 11.4. The number of aryl methyl sites for hydroxylation is 1. The van der Waals surface area contributed by atoms with Crippen molar-refractivity contribution in [3.63, 3.8) is 0 Å². The molecular weight excluding hydrogens is 238 g/mol. The van der Waals surface area contributed by atoms with Crippen molar-refractivity contribution in [2.75, 3.05) is 0 Å². The van der Waals surface area contributed by atoms with Gasteiger partial charge in [0.2, 0.25) is 0 Å². The Labute approximate surface area is 113 Å². The summed E-state index contributed by atoms with van der Waals surface area (Å²) in [6.07, 6.45) is 5.47. The van der Waals surface area contributed by atoms with E-state index in [9.17, 15) is 4.79 Å². The van der Waals surface area contributed by atoms with E-state index in [0.717, 1.165) is 30.2 Å². The van der Waals surface area contributed by atoms with Gasteiger partial charge in [0.1, 0.15) is 0 Å². The van der Waals surface area contributed by atoms with Crippen molar-refractivity contribution < 1.29 is 9.90 Å². The number of rotatable bonds is 5. The molecule has 0 saturated carbocycles. The maximum absolute atomic E-state index is 11.1. The Bertz CT molecular complexity index is 596. The minimum Gasteiger partial charge on any atom is -0.478 e. The maximum atomic E-state index is 11.1. The summed E-state index contributed by atoms with van der Waals surface area (Å²) in [6, 6.07) is 5.80. The zero-order chi connectivity index (χ0) is 14.0. The first-order valence-corrected chi connectivity index (χ1v) is 6.91. The summed E-state index contributed by atoms with van der Waals surface area (Å²) < 4.78 is 2.23. The number of hydrogen-bond donors (Lipinski definition) is 1. The fraction of sp³-hybridized carbons (Fsp3) is 0.438. The van der Waals surface area contributed by atoms with Gasteiger partial charge in [-0.05, 0) is 50.5 Å². The van der Waals surface area contributed by atoms with Gasteiger partial charge in [0, 0.05) is 23.1 Å². The minimum atomic E-state index is -0.861. The summed E-state index contributed by atoms with van der Waals surface area (Å²) >= 11 is 0. The molecule has 0 aliphatic heterocycles. The zero-order valence-corrected chi connectivity index (χ0v) is 11.8. The van der Waals surface area contributed by atoms with E-state index < -0.39 is 5.97 Å². The third-order valence-electron chi connectivity index (χ3n) is 3.52. The largest absolute Gasteiger partial charge is 0.478 e. The quantitative estimate of drug-likeness (QED) is 0.871. The SMILES string of the molecule is CCCCc1cn(C(C)C)c2ccc(C(=O)O)cc12. The van der Waals surface area contributed by atoms with E-state index in [-0.39, 0.29) is 0 Å². The van der Waals surface area contributed by atoms with Gasteiger partial charge in [-0.25, -0.2) is 4.79 Å². The van der Waals surface area contributed by atoms with E-state index in [1.165, 1.54) is 5.56 Å². The van der Waals surface area contributed by atoms with Crippen molar-refractivity contribution in [2.45, 2.75) is 46.1 Å². The first-order valence-electron chi connectivity index (χ1n) is 6.91. The molecule has 19 heavy (non-hydrogen) atoms. The molecule has 1 heterocycles. The standard InChI is InChI=1S/C16H21NO2/c1-4-5-6-13-10-17(11(2)3)15-8-7-12(16(18)19)9-14(13)15/h7-11H,4-6H2,1-3H3,(H,18,19). The number of fused-ring (bicyclic) bond motifs is 1. The van der Waals surface area contributed by atoms with E-state index >= 15 is 0 Å². The van der Waals surface area contributed by atoms with E-state index in [4.69, 9.17) is 5.11 Å². The van der Waals surface area contributed by atoms with Gasteiger partial charge in [-0.1, -0.05) is 13.3 Å². The van der Waals surface area contributed by atoms with Crippen molar-refractivity contribution in [1.29, 1.82) is 0 Å². The fourth-order valence-electron chi connectivity index (χ4n) is 2.45. The summed E-state index contributed by atoms with van der Waals surface area (Å²) in [5, 5.41) is 10.2. The Morgan fingerprint density at radius 2 is 2.11 bits per heavy atom. The van der Waals surface area contributed by atoms with E-state index in [1.807, 2.05) is 12.1 Å². The number of nitrogens with zero attached hydrogens (tertiary/aromatic N) is 1. The molecule has 0 aliphatic rings. The van der Waals surface area contributed by atoms with Gasteiger partial charge in [0.15, 0.2) is 0 Å². The van der Waals surface area contributed by atoms with Crippen LogP contribution in [0.3, 0.4) is 0 Å². The lowest BCUT2D eigenvalue weighted by Crippen LogP contribution is -1.99.